The smallest absolute Gasteiger partial charge is 0.322 e. The normalized spacial score (nSPS) is 13.4. The Hall–Kier alpha value is -3.67. The summed E-state index contributed by atoms with van der Waals surface area (Å²) in [6.45, 7) is 0.749. The third kappa shape index (κ3) is 9.58. The second-order valence-corrected chi connectivity index (χ2v) is 6.90. The van der Waals surface area contributed by atoms with Crippen LogP contribution in [0, 0.1) is 0 Å². The number of carbonyl (C=O) groups excluding carboxylic acids is 4. The Morgan fingerprint density at radius 2 is 1.55 bits per heavy atom. The minimum absolute atomic E-state index is 0.00444. The average molecular weight is 437 g/mol. The van der Waals surface area contributed by atoms with Gasteiger partial charge in [0.15, 0.2) is 0 Å². The van der Waals surface area contributed by atoms with Crippen molar-refractivity contribution < 1.29 is 34.2 Å². The monoisotopic (exact) mass is 437 g/mol. The summed E-state index contributed by atoms with van der Waals surface area (Å²) in [5.41, 5.74) is 11.2. The zero-order valence-electron chi connectivity index (χ0n) is 17.0. The van der Waals surface area contributed by atoms with Gasteiger partial charge in [-0.15, -0.1) is 0 Å². The van der Waals surface area contributed by atoms with Gasteiger partial charge in [0, 0.05) is 12.8 Å². The van der Waals surface area contributed by atoms with Gasteiger partial charge in [-0.25, -0.2) is 0 Å². The number of carbonyl (C=O) groups is 5. The van der Waals surface area contributed by atoms with Crippen LogP contribution < -0.4 is 27.4 Å². The molecule has 1 aromatic carbocycles. The second-order valence-electron chi connectivity index (χ2n) is 6.90. The van der Waals surface area contributed by atoms with Crippen LogP contribution in [0.5, 0.6) is 5.75 Å². The zero-order valence-corrected chi connectivity index (χ0v) is 17.0. The van der Waals surface area contributed by atoms with E-state index in [4.69, 9.17) is 16.6 Å². The number of aliphatic carboxylic acids is 1. The van der Waals surface area contributed by atoms with E-state index in [1.54, 1.807) is 0 Å². The van der Waals surface area contributed by atoms with Gasteiger partial charge < -0.3 is 37.6 Å². The Labute approximate surface area is 178 Å². The lowest BCUT2D eigenvalue weighted by Gasteiger charge is -2.23. The number of nitrogens with two attached hydrogens (primary N) is 2. The standard InChI is InChI=1S/C19H27N5O7/c1-10(20)17(29)23-13(6-7-15(21)26)19(31)24-14(18(30)22-9-16(27)28)8-11-2-4-12(25)5-3-11/h2-5,10,13-14,25H,6-9,20H2,1H3,(H2,21,26)(H,22,30)(H,23,29)(H,24,31)(H,27,28). The number of phenolic OH excluding ortho intramolecular Hbond substituents is 1. The summed E-state index contributed by atoms with van der Waals surface area (Å²) in [6, 6.07) is 2.53. The average Bonchev–Trinajstić information content (AvgIpc) is 2.69. The topological polar surface area (TPSA) is 214 Å². The molecule has 0 radical (unpaired) electrons. The summed E-state index contributed by atoms with van der Waals surface area (Å²) in [6.07, 6.45) is -0.352. The quantitative estimate of drug-likeness (QED) is 0.189. The van der Waals surface area contributed by atoms with Crippen molar-refractivity contribution in [2.24, 2.45) is 11.5 Å². The predicted molar refractivity (Wildman–Crippen MR) is 108 cm³/mol. The fraction of sp³-hybridized carbons (Fsp3) is 0.421. The Bertz CT molecular complexity index is 810. The van der Waals surface area contributed by atoms with E-state index in [2.05, 4.69) is 16.0 Å². The molecule has 0 saturated heterocycles. The largest absolute Gasteiger partial charge is 0.508 e. The van der Waals surface area contributed by atoms with Gasteiger partial charge in [0.25, 0.3) is 0 Å². The Morgan fingerprint density at radius 3 is 2.06 bits per heavy atom. The van der Waals surface area contributed by atoms with Crippen molar-refractivity contribution in [3.05, 3.63) is 29.8 Å². The number of hydrogen-bond acceptors (Lipinski definition) is 7. The number of amides is 4. The van der Waals surface area contributed by atoms with Crippen LogP contribution in [-0.4, -0.2) is 64.5 Å². The van der Waals surface area contributed by atoms with Crippen LogP contribution in [0.25, 0.3) is 0 Å². The van der Waals surface area contributed by atoms with Gasteiger partial charge in [-0.05, 0) is 31.0 Å². The molecule has 0 aromatic heterocycles. The van der Waals surface area contributed by atoms with Gasteiger partial charge >= 0.3 is 5.97 Å². The first-order valence-electron chi connectivity index (χ1n) is 9.41. The maximum atomic E-state index is 12.8. The Morgan fingerprint density at radius 1 is 0.968 bits per heavy atom. The third-order valence-electron chi connectivity index (χ3n) is 4.15. The Balaban J connectivity index is 3.01. The van der Waals surface area contributed by atoms with Crippen molar-refractivity contribution in [2.45, 2.75) is 44.3 Å². The highest BCUT2D eigenvalue weighted by molar-refractivity contribution is 5.94. The first-order valence-corrected chi connectivity index (χ1v) is 9.41. The molecule has 0 aliphatic rings. The summed E-state index contributed by atoms with van der Waals surface area (Å²) >= 11 is 0. The summed E-state index contributed by atoms with van der Waals surface area (Å²) in [4.78, 5) is 59.0. The van der Waals surface area contributed by atoms with E-state index < -0.39 is 54.3 Å². The lowest BCUT2D eigenvalue weighted by Crippen LogP contribution is -2.56. The fourth-order valence-corrected chi connectivity index (χ4v) is 2.49. The van der Waals surface area contributed by atoms with Gasteiger partial charge in [-0.2, -0.15) is 0 Å². The molecule has 1 aromatic rings. The van der Waals surface area contributed by atoms with E-state index in [0.29, 0.717) is 5.56 Å². The van der Waals surface area contributed by atoms with Gasteiger partial charge in [0.2, 0.25) is 23.6 Å². The van der Waals surface area contributed by atoms with Gasteiger partial charge in [-0.1, -0.05) is 12.1 Å². The van der Waals surface area contributed by atoms with Crippen LogP contribution >= 0.6 is 0 Å². The molecule has 0 saturated carbocycles. The number of carboxylic acid groups (broad SMARTS) is 1. The summed E-state index contributed by atoms with van der Waals surface area (Å²) < 4.78 is 0. The van der Waals surface area contributed by atoms with Gasteiger partial charge in [-0.3, -0.25) is 24.0 Å². The molecule has 0 aliphatic carbocycles. The lowest BCUT2D eigenvalue weighted by atomic mass is 10.0. The highest BCUT2D eigenvalue weighted by atomic mass is 16.4. The highest BCUT2D eigenvalue weighted by Gasteiger charge is 2.28. The number of hydrogen-bond donors (Lipinski definition) is 7. The number of primary amides is 1. The molecule has 0 aliphatic heterocycles. The number of phenols is 1. The number of nitrogens with one attached hydrogen (secondary N) is 3. The molecule has 31 heavy (non-hydrogen) atoms. The molecular formula is C19H27N5O7. The summed E-state index contributed by atoms with van der Waals surface area (Å²) in [7, 11) is 0. The van der Waals surface area contributed by atoms with Crippen LogP contribution in [0.2, 0.25) is 0 Å². The number of rotatable bonds is 12. The fourth-order valence-electron chi connectivity index (χ4n) is 2.49. The molecular weight excluding hydrogens is 410 g/mol. The summed E-state index contributed by atoms with van der Waals surface area (Å²) in [5.74, 6) is -4.14. The van der Waals surface area contributed by atoms with Crippen molar-refractivity contribution in [1.82, 2.24) is 16.0 Å². The van der Waals surface area contributed by atoms with E-state index >= 15 is 0 Å². The van der Waals surface area contributed by atoms with E-state index in [-0.39, 0.29) is 25.0 Å². The van der Waals surface area contributed by atoms with E-state index in [9.17, 15) is 29.1 Å². The third-order valence-corrected chi connectivity index (χ3v) is 4.15. The summed E-state index contributed by atoms with van der Waals surface area (Å²) in [5, 5.41) is 25.2. The van der Waals surface area contributed by atoms with E-state index in [0.717, 1.165) is 0 Å². The van der Waals surface area contributed by atoms with Crippen LogP contribution in [0.1, 0.15) is 25.3 Å². The molecule has 12 heteroatoms. The molecule has 12 nitrogen and oxygen atoms in total. The number of aromatic hydroxyl groups is 1. The molecule has 0 spiro atoms. The highest BCUT2D eigenvalue weighted by Crippen LogP contribution is 2.12. The van der Waals surface area contributed by atoms with E-state index in [1.165, 1.54) is 31.2 Å². The van der Waals surface area contributed by atoms with Gasteiger partial charge in [0.1, 0.15) is 24.4 Å². The van der Waals surface area contributed by atoms with Gasteiger partial charge in [0.05, 0.1) is 6.04 Å². The van der Waals surface area contributed by atoms with Crippen LogP contribution in [0.15, 0.2) is 24.3 Å². The molecule has 4 amide bonds. The van der Waals surface area contributed by atoms with E-state index in [1.807, 2.05) is 0 Å². The Kier molecular flexibility index (Phi) is 9.92. The molecule has 9 N–H and O–H groups in total. The maximum absolute atomic E-state index is 12.8. The zero-order chi connectivity index (χ0) is 23.6. The van der Waals surface area contributed by atoms with Crippen LogP contribution in [-0.2, 0) is 30.4 Å². The van der Waals surface area contributed by atoms with Crippen molar-refractivity contribution >= 4 is 29.6 Å². The minimum atomic E-state index is -1.27. The number of benzene rings is 1. The number of carboxylic acids is 1. The molecule has 0 bridgehead atoms. The van der Waals surface area contributed by atoms with Crippen molar-refractivity contribution in [2.75, 3.05) is 6.54 Å². The first-order chi connectivity index (χ1) is 14.5. The predicted octanol–water partition coefficient (Wildman–Crippen LogP) is -2.28. The van der Waals surface area contributed by atoms with Crippen LogP contribution in [0.4, 0.5) is 0 Å². The van der Waals surface area contributed by atoms with Crippen LogP contribution in [0.3, 0.4) is 0 Å². The SMILES string of the molecule is CC(N)C(=O)NC(CCC(N)=O)C(=O)NC(Cc1ccc(O)cc1)C(=O)NCC(=O)O. The van der Waals surface area contributed by atoms with Crippen molar-refractivity contribution in [3.63, 3.8) is 0 Å². The second kappa shape index (κ2) is 12.1. The molecule has 170 valence electrons. The first kappa shape index (κ1) is 25.4. The molecule has 0 heterocycles. The lowest BCUT2D eigenvalue weighted by molar-refractivity contribution is -0.138. The van der Waals surface area contributed by atoms with Crippen molar-refractivity contribution in [1.29, 1.82) is 0 Å². The molecule has 0 fully saturated rings. The molecule has 1 rings (SSSR count). The van der Waals surface area contributed by atoms with Crippen molar-refractivity contribution in [3.8, 4) is 5.75 Å². The minimum Gasteiger partial charge on any atom is -0.508 e. The maximum Gasteiger partial charge on any atom is 0.322 e. The molecule has 3 atom stereocenters. The molecule has 3 unspecified atom stereocenters.